The average molecular weight is 282 g/mol. The lowest BCUT2D eigenvalue weighted by Crippen LogP contribution is -2.00. The third-order valence-electron chi connectivity index (χ3n) is 2.69. The number of phenolic OH excluding ortho intramolecular Hbond substituents is 3. The van der Waals surface area contributed by atoms with Gasteiger partial charge in [-0.2, -0.15) is 0 Å². The second kappa shape index (κ2) is 4.69. The number of rotatable bonds is 2. The lowest BCUT2D eigenvalue weighted by atomic mass is 9.97. The molecule has 0 radical (unpaired) electrons. The van der Waals surface area contributed by atoms with Crippen molar-refractivity contribution in [3.05, 3.63) is 41.5 Å². The van der Waals surface area contributed by atoms with Gasteiger partial charge in [0.2, 0.25) is 5.75 Å². The summed E-state index contributed by atoms with van der Waals surface area (Å²) < 4.78 is 26.1. The molecule has 0 bridgehead atoms. The lowest BCUT2D eigenvalue weighted by Gasteiger charge is -2.12. The molecule has 20 heavy (non-hydrogen) atoms. The van der Waals surface area contributed by atoms with Crippen LogP contribution < -0.4 is 0 Å². The van der Waals surface area contributed by atoms with E-state index in [1.807, 2.05) is 0 Å². The molecule has 0 aliphatic heterocycles. The number of benzene rings is 2. The van der Waals surface area contributed by atoms with Crippen LogP contribution in [0.3, 0.4) is 0 Å². The van der Waals surface area contributed by atoms with Gasteiger partial charge in [0, 0.05) is 5.56 Å². The maximum Gasteiger partial charge on any atom is 0.336 e. The van der Waals surface area contributed by atoms with Crippen molar-refractivity contribution in [1.82, 2.24) is 0 Å². The van der Waals surface area contributed by atoms with E-state index in [0.29, 0.717) is 12.1 Å². The van der Waals surface area contributed by atoms with Crippen LogP contribution in [0.15, 0.2) is 24.3 Å². The summed E-state index contributed by atoms with van der Waals surface area (Å²) in [4.78, 5) is 11.1. The first kappa shape index (κ1) is 13.6. The molecule has 4 N–H and O–H groups in total. The smallest absolute Gasteiger partial charge is 0.336 e. The number of carboxylic acid groups (broad SMARTS) is 1. The van der Waals surface area contributed by atoms with E-state index in [-0.39, 0.29) is 5.56 Å². The van der Waals surface area contributed by atoms with Gasteiger partial charge in [0.25, 0.3) is 0 Å². The number of aromatic carboxylic acids is 1. The molecule has 0 saturated carbocycles. The predicted molar refractivity (Wildman–Crippen MR) is 63.7 cm³/mol. The van der Waals surface area contributed by atoms with Crippen molar-refractivity contribution in [2.75, 3.05) is 0 Å². The summed E-state index contributed by atoms with van der Waals surface area (Å²) in [7, 11) is 0. The summed E-state index contributed by atoms with van der Waals surface area (Å²) in [5.41, 5.74) is -1.15. The van der Waals surface area contributed by atoms with Gasteiger partial charge in [0.1, 0.15) is 0 Å². The number of halogens is 2. The van der Waals surface area contributed by atoms with Crippen LogP contribution in [0.5, 0.6) is 17.2 Å². The van der Waals surface area contributed by atoms with Crippen LogP contribution >= 0.6 is 0 Å². The topological polar surface area (TPSA) is 98.0 Å². The van der Waals surface area contributed by atoms with Gasteiger partial charge in [-0.05, 0) is 23.8 Å². The van der Waals surface area contributed by atoms with Crippen LogP contribution in [0, 0.1) is 11.6 Å². The number of hydrogen-bond donors (Lipinski definition) is 4. The van der Waals surface area contributed by atoms with E-state index in [1.165, 1.54) is 0 Å². The van der Waals surface area contributed by atoms with Crippen LogP contribution in [0.25, 0.3) is 11.1 Å². The fourth-order valence-corrected chi connectivity index (χ4v) is 1.76. The van der Waals surface area contributed by atoms with E-state index >= 15 is 0 Å². The summed E-state index contributed by atoms with van der Waals surface area (Å²) in [5.74, 6) is -6.64. The quantitative estimate of drug-likeness (QED) is 0.634. The Hall–Kier alpha value is -2.83. The number of carboxylic acids is 1. The molecule has 2 rings (SSSR count). The van der Waals surface area contributed by atoms with Crippen LogP contribution in [-0.4, -0.2) is 26.4 Å². The van der Waals surface area contributed by atoms with Crippen LogP contribution in [0.1, 0.15) is 10.4 Å². The Morgan fingerprint density at radius 3 is 2.15 bits per heavy atom. The van der Waals surface area contributed by atoms with E-state index < -0.39 is 46.0 Å². The Balaban J connectivity index is 2.81. The van der Waals surface area contributed by atoms with E-state index in [2.05, 4.69) is 0 Å². The Morgan fingerprint density at radius 1 is 0.950 bits per heavy atom. The standard InChI is InChI=1S/C13H8F2O5/c14-7-2-1-5(3-8(7)15)10-6(13(19)20)4-9(16)11(17)12(10)18/h1-4,16-18H,(H,19,20). The van der Waals surface area contributed by atoms with Crippen molar-refractivity contribution >= 4 is 5.97 Å². The number of aromatic hydroxyl groups is 3. The van der Waals surface area contributed by atoms with Crippen molar-refractivity contribution in [2.24, 2.45) is 0 Å². The fraction of sp³-hybridized carbons (Fsp3) is 0. The molecule has 5 nitrogen and oxygen atoms in total. The third-order valence-corrected chi connectivity index (χ3v) is 2.69. The van der Waals surface area contributed by atoms with Gasteiger partial charge in [0.05, 0.1) is 5.56 Å². The highest BCUT2D eigenvalue weighted by atomic mass is 19.2. The highest BCUT2D eigenvalue weighted by Gasteiger charge is 2.23. The van der Waals surface area contributed by atoms with Gasteiger partial charge in [-0.3, -0.25) is 0 Å². The van der Waals surface area contributed by atoms with Gasteiger partial charge < -0.3 is 20.4 Å². The summed E-state index contributed by atoms with van der Waals surface area (Å²) in [6, 6.07) is 3.16. The van der Waals surface area contributed by atoms with Gasteiger partial charge in [-0.25, -0.2) is 13.6 Å². The molecule has 0 heterocycles. The normalized spacial score (nSPS) is 10.5. The molecule has 7 heteroatoms. The SMILES string of the molecule is O=C(O)c1cc(O)c(O)c(O)c1-c1ccc(F)c(F)c1. The molecular formula is C13H8F2O5. The van der Waals surface area contributed by atoms with Gasteiger partial charge in [0.15, 0.2) is 23.1 Å². The van der Waals surface area contributed by atoms with Crippen molar-refractivity contribution < 1.29 is 34.0 Å². The van der Waals surface area contributed by atoms with Crippen LogP contribution in [0.4, 0.5) is 8.78 Å². The summed E-state index contributed by atoms with van der Waals surface area (Å²) >= 11 is 0. The van der Waals surface area contributed by atoms with Gasteiger partial charge in [-0.1, -0.05) is 6.07 Å². The van der Waals surface area contributed by atoms with Crippen molar-refractivity contribution in [3.8, 4) is 28.4 Å². The van der Waals surface area contributed by atoms with E-state index in [0.717, 1.165) is 12.1 Å². The number of hydrogen-bond acceptors (Lipinski definition) is 4. The minimum Gasteiger partial charge on any atom is -0.504 e. The highest BCUT2D eigenvalue weighted by Crippen LogP contribution is 2.45. The Morgan fingerprint density at radius 2 is 1.60 bits per heavy atom. The van der Waals surface area contributed by atoms with Crippen molar-refractivity contribution in [3.63, 3.8) is 0 Å². The molecule has 0 amide bonds. The number of carbonyl (C=O) groups is 1. The second-order valence-electron chi connectivity index (χ2n) is 3.95. The molecule has 2 aromatic carbocycles. The van der Waals surface area contributed by atoms with E-state index in [9.17, 15) is 28.9 Å². The predicted octanol–water partition coefficient (Wildman–Crippen LogP) is 2.45. The zero-order valence-electron chi connectivity index (χ0n) is 9.76. The molecule has 0 unspecified atom stereocenters. The summed E-state index contributed by atoms with van der Waals surface area (Å²) in [6.07, 6.45) is 0. The molecule has 0 spiro atoms. The minimum absolute atomic E-state index is 0.158. The van der Waals surface area contributed by atoms with Gasteiger partial charge >= 0.3 is 5.97 Å². The Kier molecular flexibility index (Phi) is 3.19. The monoisotopic (exact) mass is 282 g/mol. The van der Waals surface area contributed by atoms with Crippen LogP contribution in [0.2, 0.25) is 0 Å². The molecule has 2 aromatic rings. The van der Waals surface area contributed by atoms with Gasteiger partial charge in [-0.15, -0.1) is 0 Å². The second-order valence-corrected chi connectivity index (χ2v) is 3.95. The molecule has 0 fully saturated rings. The molecule has 0 aromatic heterocycles. The van der Waals surface area contributed by atoms with Crippen molar-refractivity contribution in [2.45, 2.75) is 0 Å². The first-order valence-corrected chi connectivity index (χ1v) is 5.29. The molecular weight excluding hydrogens is 274 g/mol. The fourth-order valence-electron chi connectivity index (χ4n) is 1.76. The van der Waals surface area contributed by atoms with E-state index in [1.54, 1.807) is 0 Å². The van der Waals surface area contributed by atoms with Crippen molar-refractivity contribution in [1.29, 1.82) is 0 Å². The molecule has 104 valence electrons. The molecule has 0 saturated heterocycles. The maximum absolute atomic E-state index is 13.2. The zero-order chi connectivity index (χ0) is 15.0. The minimum atomic E-state index is -1.52. The maximum atomic E-state index is 13.2. The highest BCUT2D eigenvalue weighted by molar-refractivity contribution is 5.99. The largest absolute Gasteiger partial charge is 0.504 e. The lowest BCUT2D eigenvalue weighted by molar-refractivity contribution is 0.0696. The Labute approximate surface area is 111 Å². The third kappa shape index (κ3) is 2.09. The first-order chi connectivity index (χ1) is 9.32. The molecule has 0 aliphatic carbocycles. The van der Waals surface area contributed by atoms with E-state index in [4.69, 9.17) is 5.11 Å². The summed E-state index contributed by atoms with van der Waals surface area (Å²) in [5, 5.41) is 37.5. The average Bonchev–Trinajstić information content (AvgIpc) is 2.39. The Bertz CT molecular complexity index is 712. The molecule has 0 aliphatic rings. The summed E-state index contributed by atoms with van der Waals surface area (Å²) in [6.45, 7) is 0. The molecule has 0 atom stereocenters. The first-order valence-electron chi connectivity index (χ1n) is 5.29. The number of phenols is 3. The van der Waals surface area contributed by atoms with Crippen LogP contribution in [-0.2, 0) is 0 Å². The zero-order valence-corrected chi connectivity index (χ0v) is 9.76.